The zero-order valence-corrected chi connectivity index (χ0v) is 24.4. The first-order valence-electron chi connectivity index (χ1n) is 16.0. The minimum atomic E-state index is -0.692. The number of hydrogen-bond donors (Lipinski definition) is 7. The van der Waals surface area contributed by atoms with Crippen molar-refractivity contribution in [1.82, 2.24) is 20.4 Å². The van der Waals surface area contributed by atoms with E-state index in [1.807, 2.05) is 0 Å². The van der Waals surface area contributed by atoms with Gasteiger partial charge in [0.05, 0.1) is 42.1 Å². The van der Waals surface area contributed by atoms with Crippen molar-refractivity contribution in [2.75, 3.05) is 37.4 Å². The molecule has 0 amide bonds. The van der Waals surface area contributed by atoms with Crippen molar-refractivity contribution in [2.45, 2.75) is 113 Å². The van der Waals surface area contributed by atoms with Crippen molar-refractivity contribution in [2.24, 2.45) is 23.5 Å². The lowest BCUT2D eigenvalue weighted by Gasteiger charge is -2.43. The minimum absolute atomic E-state index is 0.00136. The largest absolute Gasteiger partial charge is 0.390 e. The molecule has 9 heteroatoms. The van der Waals surface area contributed by atoms with Crippen LogP contribution >= 0.6 is 0 Å². The highest BCUT2D eigenvalue weighted by atomic mass is 16.3. The molecule has 2 saturated heterocycles. The average Bonchev–Trinajstić information content (AvgIpc) is 3.58. The minimum Gasteiger partial charge on any atom is -0.390 e. The summed E-state index contributed by atoms with van der Waals surface area (Å²) < 4.78 is 0. The van der Waals surface area contributed by atoms with E-state index in [0.717, 1.165) is 38.3 Å². The molecule has 6 aliphatic rings. The number of aliphatic hydroxyl groups is 2. The van der Waals surface area contributed by atoms with Gasteiger partial charge in [-0.05, 0) is 87.4 Å². The van der Waals surface area contributed by atoms with Gasteiger partial charge in [0.15, 0.2) is 0 Å². The fourth-order valence-electron chi connectivity index (χ4n) is 8.83. The summed E-state index contributed by atoms with van der Waals surface area (Å²) in [4.78, 5) is 4.84. The Kier molecular flexibility index (Phi) is 7.30. The topological polar surface area (TPSA) is 121 Å². The quantitative estimate of drug-likeness (QED) is 0.259. The van der Waals surface area contributed by atoms with Gasteiger partial charge < -0.3 is 31.5 Å². The van der Waals surface area contributed by atoms with E-state index in [2.05, 4.69) is 63.2 Å². The third kappa shape index (κ3) is 4.85. The maximum absolute atomic E-state index is 11.0. The molecule has 1 aromatic carbocycles. The molecule has 4 unspecified atom stereocenters. The van der Waals surface area contributed by atoms with Crippen molar-refractivity contribution in [3.05, 3.63) is 23.8 Å². The lowest BCUT2D eigenvalue weighted by Crippen LogP contribution is -2.64. The second-order valence-corrected chi connectivity index (χ2v) is 14.3. The molecule has 8 N–H and O–H groups in total. The van der Waals surface area contributed by atoms with Gasteiger partial charge >= 0.3 is 0 Å². The molecule has 3 saturated carbocycles. The van der Waals surface area contributed by atoms with Crippen LogP contribution in [0.4, 0.5) is 11.4 Å². The van der Waals surface area contributed by atoms with E-state index < -0.39 is 12.2 Å². The number of fused-ring (bicyclic) bond motifs is 2. The molecule has 8 atom stereocenters. The van der Waals surface area contributed by atoms with E-state index in [0.29, 0.717) is 30.2 Å². The molecule has 1 aromatic rings. The first-order chi connectivity index (χ1) is 19.3. The summed E-state index contributed by atoms with van der Waals surface area (Å²) >= 11 is 0. The van der Waals surface area contributed by atoms with Crippen LogP contribution in [0.5, 0.6) is 0 Å². The Morgan fingerprint density at radius 1 is 1.05 bits per heavy atom. The van der Waals surface area contributed by atoms with Gasteiger partial charge in [0.1, 0.15) is 0 Å². The third-order valence-electron chi connectivity index (χ3n) is 11.8. The highest BCUT2D eigenvalue weighted by Crippen LogP contribution is 2.46. The molecule has 40 heavy (non-hydrogen) atoms. The van der Waals surface area contributed by atoms with Crippen LogP contribution in [-0.4, -0.2) is 89.6 Å². The highest BCUT2D eigenvalue weighted by Gasteiger charge is 2.51. The van der Waals surface area contributed by atoms with Gasteiger partial charge in [-0.15, -0.1) is 0 Å². The number of anilines is 2. The SMILES string of the molecule is CN(C[C@H]1C[C@H](N2CCC3C(N)NCNC32)[C@@H](O)[C@H]1O)[C@H]1C[C@H](CCC2Nc3ccc(C4(C)CCC4)cc3N2)C1. The lowest BCUT2D eigenvalue weighted by molar-refractivity contribution is -0.0279. The van der Waals surface area contributed by atoms with Crippen LogP contribution in [0, 0.1) is 17.8 Å². The van der Waals surface area contributed by atoms with E-state index >= 15 is 0 Å². The summed E-state index contributed by atoms with van der Waals surface area (Å²) in [6.07, 6.45) is 9.86. The standard InChI is InChI=1S/C31H51N7O2/c1-31(9-3-10-31)20-5-6-23-24(15-20)36-26(35-23)7-4-18-12-21(13-18)37(2)16-19-14-25(28(40)27(19)39)38-11-8-22-29(32)33-17-34-30(22)38/h5-6,15,18-19,21-22,25-30,33-36,39-40H,3-4,7-14,16-17,32H2,1-2H3/t18-,19-,21-,22?,25+,26?,27+,28-,29?,30?/m1/s1. The Morgan fingerprint density at radius 2 is 1.85 bits per heavy atom. The molecule has 0 radical (unpaired) electrons. The normalized spacial score (nSPS) is 42.0. The van der Waals surface area contributed by atoms with Gasteiger partial charge in [0.2, 0.25) is 0 Å². The second-order valence-electron chi connectivity index (χ2n) is 14.3. The summed E-state index contributed by atoms with van der Waals surface area (Å²) in [6, 6.07) is 7.56. The van der Waals surface area contributed by atoms with Crippen molar-refractivity contribution in [3.8, 4) is 0 Å². The zero-order valence-electron chi connectivity index (χ0n) is 24.4. The van der Waals surface area contributed by atoms with Crippen LogP contribution in [-0.2, 0) is 5.41 Å². The van der Waals surface area contributed by atoms with Crippen LogP contribution in [0.15, 0.2) is 18.2 Å². The van der Waals surface area contributed by atoms with Gasteiger partial charge in [-0.1, -0.05) is 19.4 Å². The molecule has 222 valence electrons. The fraction of sp³-hybridized carbons (Fsp3) is 0.806. The van der Waals surface area contributed by atoms with Gasteiger partial charge in [-0.3, -0.25) is 15.5 Å². The summed E-state index contributed by atoms with van der Waals surface area (Å²) in [5.74, 6) is 1.23. The summed E-state index contributed by atoms with van der Waals surface area (Å²) in [5, 5.41) is 36.3. The second kappa shape index (κ2) is 10.7. The average molecular weight is 554 g/mol. The van der Waals surface area contributed by atoms with Crippen LogP contribution in [0.1, 0.15) is 70.3 Å². The highest BCUT2D eigenvalue weighted by molar-refractivity contribution is 5.75. The van der Waals surface area contributed by atoms with Crippen LogP contribution in [0.2, 0.25) is 0 Å². The van der Waals surface area contributed by atoms with Gasteiger partial charge in [-0.25, -0.2) is 0 Å². The number of nitrogens with zero attached hydrogens (tertiary/aromatic N) is 2. The zero-order chi connectivity index (χ0) is 27.6. The van der Waals surface area contributed by atoms with Crippen LogP contribution in [0.25, 0.3) is 0 Å². The van der Waals surface area contributed by atoms with Crippen molar-refractivity contribution in [1.29, 1.82) is 0 Å². The number of nitrogens with two attached hydrogens (primary N) is 1. The number of hydrogen-bond acceptors (Lipinski definition) is 9. The fourth-order valence-corrected chi connectivity index (χ4v) is 8.83. The number of likely N-dealkylation sites (tertiary alicyclic amines) is 1. The predicted octanol–water partition coefficient (Wildman–Crippen LogP) is 1.98. The number of benzene rings is 1. The number of aliphatic hydroxyl groups excluding tert-OH is 2. The Hall–Kier alpha value is -1.46. The predicted molar refractivity (Wildman–Crippen MR) is 159 cm³/mol. The molecule has 0 spiro atoms. The molecule has 3 aliphatic heterocycles. The molecule has 3 aliphatic carbocycles. The molecule has 9 nitrogen and oxygen atoms in total. The summed E-state index contributed by atoms with van der Waals surface area (Å²) in [6.45, 7) is 4.88. The lowest BCUT2D eigenvalue weighted by atomic mass is 9.66. The van der Waals surface area contributed by atoms with Crippen molar-refractivity contribution in [3.63, 3.8) is 0 Å². The number of rotatable bonds is 8. The molecule has 0 aromatic heterocycles. The molecular formula is C31H51N7O2. The Balaban J connectivity index is 0.854. The van der Waals surface area contributed by atoms with E-state index in [1.165, 1.54) is 55.5 Å². The third-order valence-corrected chi connectivity index (χ3v) is 11.8. The molecule has 7 rings (SSSR count). The van der Waals surface area contributed by atoms with E-state index in [1.54, 1.807) is 0 Å². The maximum atomic E-state index is 11.0. The monoisotopic (exact) mass is 553 g/mol. The van der Waals surface area contributed by atoms with E-state index in [-0.39, 0.29) is 24.3 Å². The summed E-state index contributed by atoms with van der Waals surface area (Å²) in [5.41, 5.74) is 10.7. The van der Waals surface area contributed by atoms with Gasteiger partial charge in [0.25, 0.3) is 0 Å². The van der Waals surface area contributed by atoms with Crippen LogP contribution in [0.3, 0.4) is 0 Å². The Bertz CT molecular complexity index is 1060. The first-order valence-corrected chi connectivity index (χ1v) is 16.0. The molecule has 5 fully saturated rings. The van der Waals surface area contributed by atoms with E-state index in [4.69, 9.17) is 5.73 Å². The molecule has 0 bridgehead atoms. The molecule has 3 heterocycles. The summed E-state index contributed by atoms with van der Waals surface area (Å²) in [7, 11) is 2.21. The maximum Gasteiger partial charge on any atom is 0.0964 e. The van der Waals surface area contributed by atoms with Gasteiger partial charge in [0, 0.05) is 43.7 Å². The molecular weight excluding hydrogens is 502 g/mol. The van der Waals surface area contributed by atoms with Gasteiger partial charge in [-0.2, -0.15) is 0 Å². The Labute approximate surface area is 239 Å². The van der Waals surface area contributed by atoms with E-state index in [9.17, 15) is 10.2 Å². The smallest absolute Gasteiger partial charge is 0.0964 e. The van der Waals surface area contributed by atoms with Crippen molar-refractivity contribution >= 4 is 11.4 Å². The Morgan fingerprint density at radius 3 is 2.62 bits per heavy atom. The van der Waals surface area contributed by atoms with Crippen LogP contribution < -0.4 is 27.0 Å². The first kappa shape index (κ1) is 27.4. The number of nitrogens with one attached hydrogen (secondary N) is 4. The van der Waals surface area contributed by atoms with Crippen molar-refractivity contribution < 1.29 is 10.2 Å².